The number of hydrogen-bond acceptors (Lipinski definition) is 3. The van der Waals surface area contributed by atoms with Gasteiger partial charge in [0.1, 0.15) is 0 Å². The largest absolute Gasteiger partial charge is 0.373 e. The monoisotopic (exact) mass is 243 g/mol. The average Bonchev–Trinajstić information content (AvgIpc) is 2.25. The topological polar surface area (TPSA) is 20.3 Å². The van der Waals surface area contributed by atoms with E-state index in [1.165, 1.54) is 0 Å². The summed E-state index contributed by atoms with van der Waals surface area (Å²) in [6.07, 6.45) is 2.92. The lowest BCUT2D eigenvalue weighted by Crippen LogP contribution is -2.21. The van der Waals surface area contributed by atoms with Crippen molar-refractivity contribution in [1.82, 2.24) is 0 Å². The fourth-order valence-corrected chi connectivity index (χ4v) is 1.92. The molecule has 1 rings (SSSR count). The minimum absolute atomic E-state index is 0.659. The lowest BCUT2D eigenvalue weighted by atomic mass is 10.2. The molecule has 0 atom stereocenters. The first-order valence-corrected chi connectivity index (χ1v) is 6.41. The van der Waals surface area contributed by atoms with Crippen LogP contribution in [0.25, 0.3) is 0 Å². The second-order valence-corrected chi connectivity index (χ2v) is 4.66. The quantitative estimate of drug-likeness (QED) is 0.742. The van der Waals surface area contributed by atoms with E-state index in [9.17, 15) is 4.79 Å². The molecule has 0 fully saturated rings. The maximum Gasteiger partial charge on any atom is 0.152 e. The van der Waals surface area contributed by atoms with Gasteiger partial charge in [-0.1, -0.05) is 11.6 Å². The van der Waals surface area contributed by atoms with Gasteiger partial charge in [0.15, 0.2) is 6.29 Å². The fraction of sp³-hybridized carbons (Fsp3) is 0.364. The van der Waals surface area contributed by atoms with Crippen LogP contribution in [0.5, 0.6) is 0 Å². The zero-order valence-corrected chi connectivity index (χ0v) is 10.4. The molecule has 0 bridgehead atoms. The van der Waals surface area contributed by atoms with E-state index in [1.807, 2.05) is 18.0 Å². The van der Waals surface area contributed by atoms with Crippen molar-refractivity contribution in [2.75, 3.05) is 30.5 Å². The molecular weight excluding hydrogens is 230 g/mol. The Morgan fingerprint density at radius 3 is 2.87 bits per heavy atom. The van der Waals surface area contributed by atoms with Crippen molar-refractivity contribution in [1.29, 1.82) is 0 Å². The third kappa shape index (κ3) is 3.43. The second-order valence-electron chi connectivity index (χ2n) is 3.24. The summed E-state index contributed by atoms with van der Waals surface area (Å²) in [6, 6.07) is 5.31. The second kappa shape index (κ2) is 6.03. The molecule has 0 amide bonds. The average molecular weight is 244 g/mol. The number of carbonyl (C=O) groups excluding carboxylic acids is 1. The summed E-state index contributed by atoms with van der Waals surface area (Å²) in [5.41, 5.74) is 1.58. The highest BCUT2D eigenvalue weighted by Gasteiger charge is 2.07. The lowest BCUT2D eigenvalue weighted by molar-refractivity contribution is 0.112. The van der Waals surface area contributed by atoms with Gasteiger partial charge < -0.3 is 4.90 Å². The van der Waals surface area contributed by atoms with E-state index in [1.54, 1.807) is 23.9 Å². The van der Waals surface area contributed by atoms with Gasteiger partial charge in [0, 0.05) is 35.6 Å². The van der Waals surface area contributed by atoms with Gasteiger partial charge >= 0.3 is 0 Å². The van der Waals surface area contributed by atoms with Crippen LogP contribution < -0.4 is 4.90 Å². The molecule has 4 heteroatoms. The van der Waals surface area contributed by atoms with Crippen LogP contribution in [-0.2, 0) is 0 Å². The standard InChI is InChI=1S/C11H14ClNOS/c1-13(5-6-15-2)11-7-10(12)4-3-9(11)8-14/h3-4,7-8H,5-6H2,1-2H3. The molecule has 15 heavy (non-hydrogen) atoms. The fourth-order valence-electron chi connectivity index (χ4n) is 1.30. The van der Waals surface area contributed by atoms with Crippen LogP contribution in [0.1, 0.15) is 10.4 Å². The first-order valence-electron chi connectivity index (χ1n) is 4.64. The highest BCUT2D eigenvalue weighted by molar-refractivity contribution is 7.98. The van der Waals surface area contributed by atoms with E-state index < -0.39 is 0 Å². The van der Waals surface area contributed by atoms with Crippen molar-refractivity contribution in [3.63, 3.8) is 0 Å². The molecule has 1 aromatic carbocycles. The van der Waals surface area contributed by atoms with Crippen molar-refractivity contribution in [3.05, 3.63) is 28.8 Å². The minimum atomic E-state index is 0.659. The van der Waals surface area contributed by atoms with Crippen molar-refractivity contribution in [2.24, 2.45) is 0 Å². The predicted molar refractivity (Wildman–Crippen MR) is 68.5 cm³/mol. The van der Waals surface area contributed by atoms with Gasteiger partial charge in [-0.15, -0.1) is 0 Å². The van der Waals surface area contributed by atoms with E-state index in [0.717, 1.165) is 24.3 Å². The Balaban J connectivity index is 2.89. The normalized spacial score (nSPS) is 10.1. The highest BCUT2D eigenvalue weighted by atomic mass is 35.5. The SMILES string of the molecule is CSCCN(C)c1cc(Cl)ccc1C=O. The van der Waals surface area contributed by atoms with Gasteiger partial charge in [0.2, 0.25) is 0 Å². The van der Waals surface area contributed by atoms with E-state index in [4.69, 9.17) is 11.6 Å². The maximum absolute atomic E-state index is 10.8. The molecule has 0 aliphatic heterocycles. The van der Waals surface area contributed by atoms with Gasteiger partial charge in [-0.25, -0.2) is 0 Å². The zero-order valence-electron chi connectivity index (χ0n) is 8.87. The molecule has 1 aromatic rings. The van der Waals surface area contributed by atoms with E-state index in [-0.39, 0.29) is 0 Å². The molecule has 0 radical (unpaired) electrons. The lowest BCUT2D eigenvalue weighted by Gasteiger charge is -2.20. The summed E-state index contributed by atoms with van der Waals surface area (Å²) in [5, 5.41) is 0.659. The first kappa shape index (κ1) is 12.4. The van der Waals surface area contributed by atoms with Crippen molar-refractivity contribution in [3.8, 4) is 0 Å². The molecule has 0 spiro atoms. The number of aldehydes is 1. The summed E-state index contributed by atoms with van der Waals surface area (Å²) in [7, 11) is 1.97. The highest BCUT2D eigenvalue weighted by Crippen LogP contribution is 2.22. The molecule has 2 nitrogen and oxygen atoms in total. The van der Waals surface area contributed by atoms with Crippen LogP contribution >= 0.6 is 23.4 Å². The van der Waals surface area contributed by atoms with E-state index in [0.29, 0.717) is 10.6 Å². The number of hydrogen-bond donors (Lipinski definition) is 0. The number of nitrogens with zero attached hydrogens (tertiary/aromatic N) is 1. The van der Waals surface area contributed by atoms with Crippen molar-refractivity contribution < 1.29 is 4.79 Å². The maximum atomic E-state index is 10.8. The summed E-state index contributed by atoms with van der Waals surface area (Å²) in [4.78, 5) is 12.9. The van der Waals surface area contributed by atoms with Crippen LogP contribution in [0, 0.1) is 0 Å². The number of anilines is 1. The molecule has 0 saturated carbocycles. The summed E-state index contributed by atoms with van der Waals surface area (Å²) >= 11 is 7.68. The van der Waals surface area contributed by atoms with Gasteiger partial charge in [-0.2, -0.15) is 11.8 Å². The molecule has 0 N–H and O–H groups in total. The third-order valence-electron chi connectivity index (χ3n) is 2.16. The number of carbonyl (C=O) groups is 1. The first-order chi connectivity index (χ1) is 7.19. The molecule has 0 heterocycles. The molecular formula is C11H14ClNOS. The zero-order chi connectivity index (χ0) is 11.3. The Hall–Kier alpha value is -0.670. The Morgan fingerprint density at radius 2 is 2.27 bits per heavy atom. The van der Waals surface area contributed by atoms with Crippen LogP contribution in [-0.4, -0.2) is 31.9 Å². The number of benzene rings is 1. The molecule has 0 saturated heterocycles. The van der Waals surface area contributed by atoms with Gasteiger partial charge in [0.25, 0.3) is 0 Å². The number of thioether (sulfide) groups is 1. The summed E-state index contributed by atoms with van der Waals surface area (Å²) < 4.78 is 0. The molecule has 0 aliphatic rings. The number of rotatable bonds is 5. The minimum Gasteiger partial charge on any atom is -0.373 e. The smallest absolute Gasteiger partial charge is 0.152 e. The molecule has 82 valence electrons. The molecule has 0 aromatic heterocycles. The van der Waals surface area contributed by atoms with Crippen molar-refractivity contribution in [2.45, 2.75) is 0 Å². The van der Waals surface area contributed by atoms with Gasteiger partial charge in [-0.05, 0) is 24.5 Å². The van der Waals surface area contributed by atoms with E-state index in [2.05, 4.69) is 6.26 Å². The predicted octanol–water partition coefficient (Wildman–Crippen LogP) is 2.95. The van der Waals surface area contributed by atoms with Crippen LogP contribution in [0.15, 0.2) is 18.2 Å². The molecule has 0 unspecified atom stereocenters. The Kier molecular flexibility index (Phi) is 4.99. The summed E-state index contributed by atoms with van der Waals surface area (Å²) in [6.45, 7) is 0.905. The Morgan fingerprint density at radius 1 is 1.53 bits per heavy atom. The summed E-state index contributed by atoms with van der Waals surface area (Å²) in [5.74, 6) is 1.03. The van der Waals surface area contributed by atoms with Crippen LogP contribution in [0.2, 0.25) is 5.02 Å². The van der Waals surface area contributed by atoms with Crippen LogP contribution in [0.4, 0.5) is 5.69 Å². The molecule has 0 aliphatic carbocycles. The van der Waals surface area contributed by atoms with Crippen molar-refractivity contribution >= 4 is 35.3 Å². The van der Waals surface area contributed by atoms with Gasteiger partial charge in [-0.3, -0.25) is 4.79 Å². The Labute approximate surface area is 99.6 Å². The van der Waals surface area contributed by atoms with Gasteiger partial charge in [0.05, 0.1) is 0 Å². The third-order valence-corrected chi connectivity index (χ3v) is 2.99. The van der Waals surface area contributed by atoms with Crippen LogP contribution in [0.3, 0.4) is 0 Å². The number of halogens is 1. The van der Waals surface area contributed by atoms with E-state index >= 15 is 0 Å². The Bertz CT molecular complexity index is 343.